The Hall–Kier alpha value is -1.73. The first-order chi connectivity index (χ1) is 8.40. The van der Waals surface area contributed by atoms with Gasteiger partial charge < -0.3 is 15.2 Å². The van der Waals surface area contributed by atoms with Gasteiger partial charge in [0, 0.05) is 17.1 Å². The summed E-state index contributed by atoms with van der Waals surface area (Å²) in [5.41, 5.74) is 4.82. The lowest BCUT2D eigenvalue weighted by molar-refractivity contribution is -0.481. The van der Waals surface area contributed by atoms with Crippen LogP contribution in [-0.2, 0) is 0 Å². The third kappa shape index (κ3) is 4.27. The molecule has 9 heteroatoms. The van der Waals surface area contributed by atoms with E-state index >= 15 is 0 Å². The molecule has 1 rings (SSSR count). The van der Waals surface area contributed by atoms with Crippen LogP contribution in [0.4, 0.5) is 4.79 Å². The molecule has 0 saturated carbocycles. The molecule has 0 aliphatic rings. The summed E-state index contributed by atoms with van der Waals surface area (Å²) in [5.74, 6) is 0.135. The molecule has 18 heavy (non-hydrogen) atoms. The predicted octanol–water partition coefficient (Wildman–Crippen LogP) is 2.11. The molecule has 0 aromatic heterocycles. The van der Waals surface area contributed by atoms with Gasteiger partial charge in [0.15, 0.2) is 12.4 Å². The molecule has 0 fully saturated rings. The highest BCUT2D eigenvalue weighted by molar-refractivity contribution is 6.37. The fraction of sp³-hybridized carbons (Fsp3) is 0.222. The van der Waals surface area contributed by atoms with E-state index in [0.717, 1.165) is 0 Å². The summed E-state index contributed by atoms with van der Waals surface area (Å²) >= 11 is 11.6. The average molecular weight is 295 g/mol. The average Bonchev–Trinajstić information content (AvgIpc) is 2.20. The van der Waals surface area contributed by atoms with Gasteiger partial charge in [-0.25, -0.2) is 4.79 Å². The topological polar surface area (TPSA) is 105 Å². The molecular formula is C9H8Cl2N2O5. The summed E-state index contributed by atoms with van der Waals surface area (Å²) < 4.78 is 9.64. The third-order valence-electron chi connectivity index (χ3n) is 1.71. The number of benzene rings is 1. The van der Waals surface area contributed by atoms with Crippen molar-refractivity contribution in [3.05, 3.63) is 32.3 Å². The number of rotatable bonds is 5. The Kier molecular flexibility index (Phi) is 4.99. The summed E-state index contributed by atoms with van der Waals surface area (Å²) in [7, 11) is 0. The van der Waals surface area contributed by atoms with Crippen LogP contribution in [0.3, 0.4) is 0 Å². The van der Waals surface area contributed by atoms with E-state index in [0.29, 0.717) is 0 Å². The van der Waals surface area contributed by atoms with Gasteiger partial charge in [-0.3, -0.25) is 10.1 Å². The van der Waals surface area contributed by atoms with Crippen molar-refractivity contribution in [1.82, 2.24) is 0 Å². The molecule has 0 atom stereocenters. The summed E-state index contributed by atoms with van der Waals surface area (Å²) in [6.07, 6.45) is -1.01. The number of hydrogen-bond acceptors (Lipinski definition) is 5. The van der Waals surface area contributed by atoms with Gasteiger partial charge in [-0.15, -0.1) is 0 Å². The normalized spacial score (nSPS) is 9.89. The van der Waals surface area contributed by atoms with Gasteiger partial charge >= 0.3 is 6.09 Å². The molecule has 0 radical (unpaired) electrons. The maximum atomic E-state index is 10.5. The zero-order valence-electron chi connectivity index (χ0n) is 8.89. The maximum Gasteiger partial charge on any atom is 0.409 e. The van der Waals surface area contributed by atoms with Crippen molar-refractivity contribution >= 4 is 29.3 Å². The molecule has 7 nitrogen and oxygen atoms in total. The quantitative estimate of drug-likeness (QED) is 0.661. The molecule has 0 saturated heterocycles. The number of halogens is 2. The summed E-state index contributed by atoms with van der Waals surface area (Å²) in [4.78, 5) is 20.1. The van der Waals surface area contributed by atoms with Gasteiger partial charge in [0.2, 0.25) is 6.54 Å². The Labute approximate surface area is 112 Å². The first kappa shape index (κ1) is 14.3. The number of amides is 1. The second kappa shape index (κ2) is 6.27. The number of primary amides is 1. The molecule has 0 heterocycles. The minimum Gasteiger partial charge on any atom is -0.484 e. The van der Waals surface area contributed by atoms with Gasteiger partial charge in [-0.05, 0) is 0 Å². The molecule has 0 spiro atoms. The van der Waals surface area contributed by atoms with Crippen LogP contribution in [0.25, 0.3) is 0 Å². The van der Waals surface area contributed by atoms with E-state index in [2.05, 4.69) is 4.74 Å². The minimum absolute atomic E-state index is 0.0547. The van der Waals surface area contributed by atoms with Crippen molar-refractivity contribution in [2.75, 3.05) is 13.2 Å². The zero-order chi connectivity index (χ0) is 13.7. The Bertz CT molecular complexity index is 457. The SMILES string of the molecule is NC(=O)Oc1cc(Cl)c(OCC[N+](=O)[O-])c(Cl)c1. The number of carbonyl (C=O) groups excluding carboxylic acids is 1. The molecule has 0 aliphatic carbocycles. The third-order valence-corrected chi connectivity index (χ3v) is 2.27. The highest BCUT2D eigenvalue weighted by Crippen LogP contribution is 2.36. The van der Waals surface area contributed by atoms with E-state index in [1.165, 1.54) is 12.1 Å². The summed E-state index contributed by atoms with van der Waals surface area (Å²) in [5, 5.41) is 10.2. The Morgan fingerprint density at radius 3 is 2.39 bits per heavy atom. The molecule has 0 unspecified atom stereocenters. The number of ether oxygens (including phenoxy) is 2. The number of nitrogens with zero attached hydrogens (tertiary/aromatic N) is 1. The van der Waals surface area contributed by atoms with E-state index in [4.69, 9.17) is 33.7 Å². The highest BCUT2D eigenvalue weighted by atomic mass is 35.5. The van der Waals surface area contributed by atoms with Gasteiger partial charge in [0.1, 0.15) is 5.75 Å². The number of nitrogens with two attached hydrogens (primary N) is 1. The largest absolute Gasteiger partial charge is 0.484 e. The lowest BCUT2D eigenvalue weighted by atomic mass is 10.3. The molecule has 2 N–H and O–H groups in total. The van der Waals surface area contributed by atoms with Crippen LogP contribution in [0.2, 0.25) is 10.0 Å². The van der Waals surface area contributed by atoms with Gasteiger partial charge in [-0.1, -0.05) is 23.2 Å². The maximum absolute atomic E-state index is 10.5. The smallest absolute Gasteiger partial charge is 0.409 e. The minimum atomic E-state index is -1.01. The van der Waals surface area contributed by atoms with Crippen LogP contribution in [-0.4, -0.2) is 24.2 Å². The Morgan fingerprint density at radius 2 is 1.94 bits per heavy atom. The first-order valence-electron chi connectivity index (χ1n) is 4.61. The van der Waals surface area contributed by atoms with Crippen LogP contribution in [0.5, 0.6) is 11.5 Å². The van der Waals surface area contributed by atoms with Gasteiger partial charge in [0.25, 0.3) is 0 Å². The second-order valence-corrected chi connectivity index (χ2v) is 3.86. The molecule has 0 aliphatic heterocycles. The molecule has 1 aromatic carbocycles. The van der Waals surface area contributed by atoms with Crippen molar-refractivity contribution < 1.29 is 19.2 Å². The lowest BCUT2D eigenvalue weighted by Crippen LogP contribution is -2.16. The Balaban J connectivity index is 2.80. The zero-order valence-corrected chi connectivity index (χ0v) is 10.4. The van der Waals surface area contributed by atoms with E-state index in [9.17, 15) is 14.9 Å². The van der Waals surface area contributed by atoms with E-state index in [-0.39, 0.29) is 34.7 Å². The monoisotopic (exact) mass is 294 g/mol. The van der Waals surface area contributed by atoms with Crippen LogP contribution in [0.1, 0.15) is 0 Å². The summed E-state index contributed by atoms with van der Waals surface area (Å²) in [6.45, 7) is -0.561. The van der Waals surface area contributed by atoms with E-state index < -0.39 is 11.0 Å². The molecule has 98 valence electrons. The van der Waals surface area contributed by atoms with E-state index in [1.807, 2.05) is 0 Å². The molecule has 1 amide bonds. The van der Waals surface area contributed by atoms with Crippen LogP contribution < -0.4 is 15.2 Å². The Morgan fingerprint density at radius 1 is 1.39 bits per heavy atom. The van der Waals surface area contributed by atoms with Crippen LogP contribution in [0.15, 0.2) is 12.1 Å². The standard InChI is InChI=1S/C9H8Cl2N2O5/c10-6-3-5(18-9(12)14)4-7(11)8(6)17-2-1-13(15)16/h3-4H,1-2H2,(H2,12,14). The van der Waals surface area contributed by atoms with Crippen LogP contribution >= 0.6 is 23.2 Å². The molecule has 1 aromatic rings. The van der Waals surface area contributed by atoms with Gasteiger partial charge in [-0.2, -0.15) is 0 Å². The van der Waals surface area contributed by atoms with Crippen LogP contribution in [0, 0.1) is 10.1 Å². The fourth-order valence-electron chi connectivity index (χ4n) is 1.07. The van der Waals surface area contributed by atoms with E-state index in [1.54, 1.807) is 0 Å². The molecular weight excluding hydrogens is 287 g/mol. The van der Waals surface area contributed by atoms with Crippen molar-refractivity contribution in [1.29, 1.82) is 0 Å². The lowest BCUT2D eigenvalue weighted by Gasteiger charge is -2.09. The predicted molar refractivity (Wildman–Crippen MR) is 64.0 cm³/mol. The van der Waals surface area contributed by atoms with Crippen molar-refractivity contribution in [2.45, 2.75) is 0 Å². The second-order valence-electron chi connectivity index (χ2n) is 3.04. The summed E-state index contributed by atoms with van der Waals surface area (Å²) in [6, 6.07) is 2.53. The number of carbonyl (C=O) groups is 1. The first-order valence-corrected chi connectivity index (χ1v) is 5.36. The van der Waals surface area contributed by atoms with Crippen molar-refractivity contribution in [2.24, 2.45) is 5.73 Å². The fourth-order valence-corrected chi connectivity index (χ4v) is 1.65. The number of hydrogen-bond donors (Lipinski definition) is 1. The molecule has 0 bridgehead atoms. The number of nitro groups is 1. The highest BCUT2D eigenvalue weighted by Gasteiger charge is 2.12. The van der Waals surface area contributed by atoms with Crippen molar-refractivity contribution in [3.8, 4) is 11.5 Å². The van der Waals surface area contributed by atoms with Crippen molar-refractivity contribution in [3.63, 3.8) is 0 Å². The van der Waals surface area contributed by atoms with Gasteiger partial charge in [0.05, 0.1) is 10.0 Å².